The third-order valence-electron chi connectivity index (χ3n) is 11.9. The van der Waals surface area contributed by atoms with E-state index in [-0.39, 0.29) is 45.6 Å². The highest BCUT2D eigenvalue weighted by Crippen LogP contribution is 2.52. The molecule has 0 radical (unpaired) electrons. The molecule has 1 unspecified atom stereocenters. The summed E-state index contributed by atoms with van der Waals surface area (Å²) >= 11 is 0. The largest absolute Gasteiger partial charge is 0.453 e. The van der Waals surface area contributed by atoms with Crippen LogP contribution in [0.3, 0.4) is 0 Å². The number of methoxy groups -OCH3 is 1. The molecule has 3 aliphatic heterocycles. The van der Waals surface area contributed by atoms with Gasteiger partial charge in [0.1, 0.15) is 5.82 Å². The normalized spacial score (nSPS) is 24.4. The van der Waals surface area contributed by atoms with Gasteiger partial charge in [-0.05, 0) is 114 Å². The minimum absolute atomic E-state index is 0.0324. The zero-order valence-electron chi connectivity index (χ0n) is 30.4. The van der Waals surface area contributed by atoms with Crippen LogP contribution < -0.4 is 10.2 Å². The molecule has 3 heterocycles. The van der Waals surface area contributed by atoms with Crippen LogP contribution in [0.4, 0.5) is 19.3 Å². The average molecular weight is 716 g/mol. The predicted octanol–water partition coefficient (Wildman–Crippen LogP) is 5.14. The Hall–Kier alpha value is -2.80. The summed E-state index contributed by atoms with van der Waals surface area (Å²) in [5.41, 5.74) is 1.38. The van der Waals surface area contributed by atoms with Crippen molar-refractivity contribution in [2.75, 3.05) is 84.7 Å². The van der Waals surface area contributed by atoms with Gasteiger partial charge in [0.25, 0.3) is 0 Å². The Kier molecular flexibility index (Phi) is 10.9. The lowest BCUT2D eigenvalue weighted by Gasteiger charge is -2.55. The lowest BCUT2D eigenvalue weighted by molar-refractivity contribution is 0.0159. The third kappa shape index (κ3) is 7.54. The number of nitrogens with zero attached hydrogens (tertiary/aromatic N) is 4. The molecule has 1 saturated carbocycles. The fourth-order valence-electron chi connectivity index (χ4n) is 9.68. The SMILES string of the molecule is COC(=O)N[C@H]1CCC[C@@H]1C(CN1CCC1)(c1cccc(F)c1)C1CCN(CC2(C)CN(c3ccc(S(C)(=O)=O)c(CN(C)C)c3F)C2)CC1. The van der Waals surface area contributed by atoms with Crippen molar-refractivity contribution in [3.63, 3.8) is 0 Å². The molecule has 1 N–H and O–H groups in total. The highest BCUT2D eigenvalue weighted by molar-refractivity contribution is 7.90. The summed E-state index contributed by atoms with van der Waals surface area (Å²) in [6, 6.07) is 10.4. The van der Waals surface area contributed by atoms with E-state index in [4.69, 9.17) is 4.74 Å². The number of carbonyl (C=O) groups excluding carboxylic acids is 1. The fraction of sp³-hybridized carbons (Fsp3) is 0.658. The van der Waals surface area contributed by atoms with Crippen molar-refractivity contribution >= 4 is 21.6 Å². The van der Waals surface area contributed by atoms with E-state index < -0.39 is 21.7 Å². The first-order chi connectivity index (χ1) is 23.7. The van der Waals surface area contributed by atoms with Gasteiger partial charge >= 0.3 is 6.09 Å². The van der Waals surface area contributed by atoms with Gasteiger partial charge in [-0.1, -0.05) is 25.5 Å². The number of piperidine rings is 1. The van der Waals surface area contributed by atoms with E-state index in [1.807, 2.05) is 11.0 Å². The monoisotopic (exact) mass is 715 g/mol. The van der Waals surface area contributed by atoms with Crippen LogP contribution in [-0.4, -0.2) is 115 Å². The second kappa shape index (κ2) is 14.7. The number of nitrogens with one attached hydrogen (secondary N) is 1. The Bertz CT molecular complexity index is 1640. The molecule has 0 aromatic heterocycles. The van der Waals surface area contributed by atoms with Crippen molar-refractivity contribution in [3.8, 4) is 0 Å². The molecule has 9 nitrogen and oxygen atoms in total. The summed E-state index contributed by atoms with van der Waals surface area (Å²) in [4.78, 5) is 21.4. The maximum Gasteiger partial charge on any atom is 0.407 e. The third-order valence-corrected chi connectivity index (χ3v) is 13.1. The molecule has 4 fully saturated rings. The fourth-order valence-corrected chi connectivity index (χ4v) is 10.6. The average Bonchev–Trinajstić information content (AvgIpc) is 3.48. The van der Waals surface area contributed by atoms with Crippen LogP contribution in [0.1, 0.15) is 56.6 Å². The molecule has 276 valence electrons. The topological polar surface area (TPSA) is 85.4 Å². The van der Waals surface area contributed by atoms with E-state index in [9.17, 15) is 13.2 Å². The molecule has 0 bridgehead atoms. The van der Waals surface area contributed by atoms with E-state index in [0.29, 0.717) is 24.7 Å². The van der Waals surface area contributed by atoms with Crippen molar-refractivity contribution in [2.24, 2.45) is 17.3 Å². The molecular formula is C38H55F2N5O4S. The van der Waals surface area contributed by atoms with E-state index in [1.165, 1.54) is 19.6 Å². The Morgan fingerprint density at radius 2 is 1.74 bits per heavy atom. The Balaban J connectivity index is 1.19. The Labute approximate surface area is 297 Å². The van der Waals surface area contributed by atoms with Crippen molar-refractivity contribution in [2.45, 2.75) is 68.3 Å². The molecule has 12 heteroatoms. The van der Waals surface area contributed by atoms with E-state index in [2.05, 4.69) is 28.1 Å². The summed E-state index contributed by atoms with van der Waals surface area (Å²) in [6.45, 7) is 9.51. The van der Waals surface area contributed by atoms with Crippen LogP contribution in [0, 0.1) is 28.9 Å². The van der Waals surface area contributed by atoms with Crippen molar-refractivity contribution in [1.82, 2.24) is 20.0 Å². The zero-order valence-corrected chi connectivity index (χ0v) is 31.2. The number of hydrogen-bond acceptors (Lipinski definition) is 8. The lowest BCUT2D eigenvalue weighted by atomic mass is 9.57. The first-order valence-corrected chi connectivity index (χ1v) is 20.1. The first-order valence-electron chi connectivity index (χ1n) is 18.2. The van der Waals surface area contributed by atoms with Crippen LogP contribution in [0.5, 0.6) is 0 Å². The highest BCUT2D eigenvalue weighted by atomic mass is 32.2. The quantitative estimate of drug-likeness (QED) is 0.324. The summed E-state index contributed by atoms with van der Waals surface area (Å²) in [5.74, 6) is -0.191. The standard InChI is InChI=1S/C38H55F2N5O4S/c1-37(24-45(25-37)33-13-14-34(50(5,47)48)30(35(33)40)22-42(2)3)23-44-19-15-27(16-20-44)38(26-43-17-8-18-43,28-9-6-10-29(39)21-28)31-11-7-12-32(31)41-36(46)49-4/h6,9-10,13-14,21,27,31-32H,7-8,11-12,15-20,22-26H2,1-5H3,(H,41,46)/t31-,32-,38?/m0/s1. The number of halogens is 2. The molecule has 2 aromatic carbocycles. The summed E-state index contributed by atoms with van der Waals surface area (Å²) < 4.78 is 60.8. The van der Waals surface area contributed by atoms with Crippen LogP contribution in [0.25, 0.3) is 0 Å². The second-order valence-corrected chi connectivity index (χ2v) is 18.0. The number of carbonyl (C=O) groups is 1. The maximum atomic E-state index is 15.9. The maximum absolute atomic E-state index is 15.9. The van der Waals surface area contributed by atoms with Gasteiger partial charge in [0.05, 0.1) is 17.7 Å². The Morgan fingerprint density at radius 1 is 1.02 bits per heavy atom. The van der Waals surface area contributed by atoms with Gasteiger partial charge in [-0.3, -0.25) is 0 Å². The number of sulfone groups is 1. The van der Waals surface area contributed by atoms with Gasteiger partial charge in [0.15, 0.2) is 15.7 Å². The molecule has 3 saturated heterocycles. The summed E-state index contributed by atoms with van der Waals surface area (Å²) in [6.07, 6.45) is 6.72. The van der Waals surface area contributed by atoms with Gasteiger partial charge in [-0.15, -0.1) is 0 Å². The molecule has 4 aliphatic rings. The second-order valence-electron chi connectivity index (χ2n) is 16.1. The van der Waals surface area contributed by atoms with E-state index in [1.54, 1.807) is 37.2 Å². The number of likely N-dealkylation sites (tertiary alicyclic amines) is 2. The van der Waals surface area contributed by atoms with Crippen molar-refractivity contribution < 1.29 is 26.7 Å². The first kappa shape index (κ1) is 37.0. The number of amides is 1. The number of anilines is 1. The highest BCUT2D eigenvalue weighted by Gasteiger charge is 2.53. The van der Waals surface area contributed by atoms with Crippen LogP contribution in [0.2, 0.25) is 0 Å². The zero-order chi connectivity index (χ0) is 35.8. The minimum Gasteiger partial charge on any atom is -0.453 e. The van der Waals surface area contributed by atoms with Gasteiger partial charge < -0.3 is 29.7 Å². The lowest BCUT2D eigenvalue weighted by Crippen LogP contribution is -2.62. The number of benzene rings is 2. The summed E-state index contributed by atoms with van der Waals surface area (Å²) in [7, 11) is 1.45. The molecular weight excluding hydrogens is 661 g/mol. The van der Waals surface area contributed by atoms with Gasteiger partial charge in [0, 0.05) is 61.4 Å². The van der Waals surface area contributed by atoms with Gasteiger partial charge in [-0.2, -0.15) is 0 Å². The van der Waals surface area contributed by atoms with Gasteiger partial charge in [-0.25, -0.2) is 22.0 Å². The van der Waals surface area contributed by atoms with Crippen LogP contribution >= 0.6 is 0 Å². The molecule has 2 aromatic rings. The van der Waals surface area contributed by atoms with Crippen molar-refractivity contribution in [3.05, 3.63) is 59.2 Å². The molecule has 1 aliphatic carbocycles. The van der Waals surface area contributed by atoms with E-state index in [0.717, 1.165) is 83.2 Å². The van der Waals surface area contributed by atoms with Crippen molar-refractivity contribution in [1.29, 1.82) is 0 Å². The van der Waals surface area contributed by atoms with Crippen LogP contribution in [-0.2, 0) is 26.5 Å². The molecule has 50 heavy (non-hydrogen) atoms. The smallest absolute Gasteiger partial charge is 0.407 e. The molecule has 1 amide bonds. The Morgan fingerprint density at radius 3 is 2.34 bits per heavy atom. The number of ether oxygens (including phenoxy) is 1. The molecule has 6 rings (SSSR count). The predicted molar refractivity (Wildman–Crippen MR) is 192 cm³/mol. The summed E-state index contributed by atoms with van der Waals surface area (Å²) in [5, 5.41) is 3.17. The van der Waals surface area contributed by atoms with Crippen LogP contribution in [0.15, 0.2) is 41.3 Å². The molecule has 3 atom stereocenters. The number of hydrogen-bond donors (Lipinski definition) is 1. The number of rotatable bonds is 12. The number of alkyl carbamates (subject to hydrolysis) is 1. The minimum atomic E-state index is -3.57. The molecule has 0 spiro atoms. The van der Waals surface area contributed by atoms with Gasteiger partial charge in [0.2, 0.25) is 0 Å². The van der Waals surface area contributed by atoms with E-state index >= 15 is 8.78 Å².